The zero-order valence-electron chi connectivity index (χ0n) is 28.4. The predicted octanol–water partition coefficient (Wildman–Crippen LogP) is 12.1. The third-order valence-electron chi connectivity index (χ3n) is 11.8. The van der Waals surface area contributed by atoms with Gasteiger partial charge in [0.15, 0.2) is 0 Å². The van der Waals surface area contributed by atoms with E-state index in [4.69, 9.17) is 0 Å². The standard InChI is InChI=1S/C47H44N2/c1-47(2)41-26-14-11-23-35(41)38-29-39-40(30-42(38)47)46(49-44-28-16-13-22-34(44)32-19-7-4-8-20-32)37-25-10-9-24-36(37)45(39)48-43-27-15-12-21-33(43)31-17-5-3-6-18-31/h3-12,14-15,17-21,23-30,33-35,41,43,48-49H,13,16,22H2,1-2H3. The van der Waals surface area contributed by atoms with Crippen LogP contribution >= 0.6 is 0 Å². The minimum Gasteiger partial charge on any atom is -0.377 e. The molecular formula is C47H44N2. The fraction of sp³-hybridized carbons (Fsp3) is 0.234. The maximum absolute atomic E-state index is 4.15. The second kappa shape index (κ2) is 12.1. The van der Waals surface area contributed by atoms with E-state index in [1.165, 1.54) is 67.3 Å². The summed E-state index contributed by atoms with van der Waals surface area (Å²) in [5.74, 6) is 1.43. The van der Waals surface area contributed by atoms with Crippen molar-refractivity contribution in [2.45, 2.75) is 62.3 Å². The first-order valence-electron chi connectivity index (χ1n) is 18.1. The first-order valence-corrected chi connectivity index (χ1v) is 18.1. The molecule has 5 aromatic rings. The molecule has 4 aliphatic carbocycles. The van der Waals surface area contributed by atoms with Crippen molar-refractivity contribution in [2.75, 3.05) is 10.6 Å². The van der Waals surface area contributed by atoms with E-state index >= 15 is 0 Å². The molecule has 5 atom stereocenters. The molecule has 0 heterocycles. The van der Waals surface area contributed by atoms with Crippen LogP contribution in [-0.2, 0) is 5.41 Å². The number of hydrogen-bond acceptors (Lipinski definition) is 2. The van der Waals surface area contributed by atoms with Crippen LogP contribution in [0, 0.1) is 5.92 Å². The Kier molecular flexibility index (Phi) is 7.42. The van der Waals surface area contributed by atoms with E-state index in [-0.39, 0.29) is 17.4 Å². The highest BCUT2D eigenvalue weighted by Crippen LogP contribution is 2.55. The number of allylic oxidation sites excluding steroid dienone is 8. The van der Waals surface area contributed by atoms with Crippen molar-refractivity contribution in [3.63, 3.8) is 0 Å². The van der Waals surface area contributed by atoms with Gasteiger partial charge in [-0.25, -0.2) is 0 Å². The van der Waals surface area contributed by atoms with Crippen LogP contribution in [0.25, 0.3) is 21.5 Å². The molecule has 0 saturated heterocycles. The lowest BCUT2D eigenvalue weighted by Crippen LogP contribution is -2.26. The molecule has 0 bridgehead atoms. The van der Waals surface area contributed by atoms with Crippen molar-refractivity contribution in [2.24, 2.45) is 5.92 Å². The van der Waals surface area contributed by atoms with Crippen LogP contribution in [0.2, 0.25) is 0 Å². The van der Waals surface area contributed by atoms with E-state index in [9.17, 15) is 0 Å². The summed E-state index contributed by atoms with van der Waals surface area (Å²) in [7, 11) is 0. The van der Waals surface area contributed by atoms with E-state index < -0.39 is 0 Å². The second-order valence-corrected chi connectivity index (χ2v) is 14.9. The topological polar surface area (TPSA) is 24.1 Å². The number of anilines is 2. The monoisotopic (exact) mass is 636 g/mol. The molecule has 5 aromatic carbocycles. The van der Waals surface area contributed by atoms with Gasteiger partial charge in [-0.3, -0.25) is 0 Å². The zero-order valence-corrected chi connectivity index (χ0v) is 28.4. The molecule has 0 aromatic heterocycles. The molecular weight excluding hydrogens is 593 g/mol. The van der Waals surface area contributed by atoms with Gasteiger partial charge in [0.2, 0.25) is 0 Å². The smallest absolute Gasteiger partial charge is 0.0551 e. The van der Waals surface area contributed by atoms with Crippen molar-refractivity contribution in [1.82, 2.24) is 0 Å². The van der Waals surface area contributed by atoms with Crippen LogP contribution in [-0.4, -0.2) is 6.04 Å². The lowest BCUT2D eigenvalue weighted by molar-refractivity contribution is 0.394. The average molecular weight is 637 g/mol. The Morgan fingerprint density at radius 2 is 1.24 bits per heavy atom. The molecule has 0 radical (unpaired) electrons. The highest BCUT2D eigenvalue weighted by Gasteiger charge is 2.45. The Bertz CT molecular complexity index is 2200. The normalized spacial score (nSPS) is 24.9. The first-order chi connectivity index (χ1) is 24.1. The van der Waals surface area contributed by atoms with E-state index in [0.717, 1.165) is 12.8 Å². The summed E-state index contributed by atoms with van der Waals surface area (Å²) >= 11 is 0. The highest BCUT2D eigenvalue weighted by atomic mass is 14.9. The lowest BCUT2D eigenvalue weighted by Gasteiger charge is -2.31. The van der Waals surface area contributed by atoms with Crippen LogP contribution in [0.5, 0.6) is 0 Å². The number of benzene rings is 5. The van der Waals surface area contributed by atoms with E-state index in [1.807, 2.05) is 0 Å². The van der Waals surface area contributed by atoms with Gasteiger partial charge in [-0.1, -0.05) is 153 Å². The molecule has 5 unspecified atom stereocenters. The minimum absolute atomic E-state index is 0.0257. The molecule has 0 fully saturated rings. The van der Waals surface area contributed by atoms with E-state index in [1.54, 1.807) is 0 Å². The maximum Gasteiger partial charge on any atom is 0.0551 e. The van der Waals surface area contributed by atoms with Crippen LogP contribution in [0.1, 0.15) is 73.1 Å². The summed E-state index contributed by atoms with van der Waals surface area (Å²) in [6.45, 7) is 4.88. The summed E-state index contributed by atoms with van der Waals surface area (Å²) < 4.78 is 0. The molecule has 2 N–H and O–H groups in total. The van der Waals surface area contributed by atoms with Gasteiger partial charge in [-0.2, -0.15) is 0 Å². The zero-order chi connectivity index (χ0) is 33.0. The molecule has 0 saturated carbocycles. The van der Waals surface area contributed by atoms with Gasteiger partial charge in [0.1, 0.15) is 0 Å². The Labute approximate surface area is 290 Å². The van der Waals surface area contributed by atoms with Crippen molar-refractivity contribution < 1.29 is 0 Å². The quantitative estimate of drug-likeness (QED) is 0.143. The number of hydrogen-bond donors (Lipinski definition) is 2. The molecule has 242 valence electrons. The van der Waals surface area contributed by atoms with Gasteiger partial charge in [-0.05, 0) is 65.0 Å². The summed E-state index contributed by atoms with van der Waals surface area (Å²) in [5, 5.41) is 13.4. The molecule has 9 rings (SSSR count). The molecule has 2 nitrogen and oxygen atoms in total. The summed E-state index contributed by atoms with van der Waals surface area (Å²) in [6, 6.07) is 36.2. The van der Waals surface area contributed by atoms with Crippen molar-refractivity contribution >= 4 is 32.9 Å². The van der Waals surface area contributed by atoms with Crippen molar-refractivity contribution in [3.8, 4) is 0 Å². The van der Waals surface area contributed by atoms with E-state index in [0.29, 0.717) is 17.8 Å². The van der Waals surface area contributed by atoms with E-state index in [2.05, 4.69) is 176 Å². The lowest BCUT2D eigenvalue weighted by atomic mass is 9.74. The Morgan fingerprint density at radius 1 is 0.612 bits per heavy atom. The largest absolute Gasteiger partial charge is 0.377 e. The summed E-state index contributed by atoms with van der Waals surface area (Å²) in [6.07, 6.45) is 24.4. The Morgan fingerprint density at radius 3 is 2.02 bits per heavy atom. The van der Waals surface area contributed by atoms with Crippen molar-refractivity contribution in [3.05, 3.63) is 180 Å². The Balaban J connectivity index is 1.26. The third kappa shape index (κ3) is 5.08. The van der Waals surface area contributed by atoms with Crippen LogP contribution in [0.15, 0.2) is 157 Å². The van der Waals surface area contributed by atoms with Gasteiger partial charge < -0.3 is 10.6 Å². The van der Waals surface area contributed by atoms with Gasteiger partial charge in [0.25, 0.3) is 0 Å². The molecule has 0 spiro atoms. The van der Waals surface area contributed by atoms with Gasteiger partial charge in [0, 0.05) is 45.0 Å². The fourth-order valence-corrected chi connectivity index (χ4v) is 9.23. The first kappa shape index (κ1) is 30.0. The van der Waals surface area contributed by atoms with Crippen LogP contribution in [0.4, 0.5) is 11.4 Å². The Hall–Kier alpha value is -5.08. The second-order valence-electron chi connectivity index (χ2n) is 14.9. The SMILES string of the molecule is CC1(C)c2cc3c(NC4=CCCCC4c4ccccc4)c4ccccc4c(NC4C=CC=CC4c4ccccc4)c3cc2C2C=CC=CC21. The molecule has 2 heteroatoms. The highest BCUT2D eigenvalue weighted by molar-refractivity contribution is 6.20. The fourth-order valence-electron chi connectivity index (χ4n) is 9.23. The van der Waals surface area contributed by atoms with Gasteiger partial charge in [0.05, 0.1) is 17.4 Å². The predicted molar refractivity (Wildman–Crippen MR) is 209 cm³/mol. The summed E-state index contributed by atoms with van der Waals surface area (Å²) in [5.41, 5.74) is 9.45. The van der Waals surface area contributed by atoms with Crippen LogP contribution < -0.4 is 10.6 Å². The van der Waals surface area contributed by atoms with Gasteiger partial charge in [-0.15, -0.1) is 0 Å². The molecule has 0 aliphatic heterocycles. The molecule has 4 aliphatic rings. The number of nitrogens with one attached hydrogen (secondary N) is 2. The van der Waals surface area contributed by atoms with Crippen molar-refractivity contribution in [1.29, 1.82) is 0 Å². The van der Waals surface area contributed by atoms with Crippen LogP contribution in [0.3, 0.4) is 0 Å². The minimum atomic E-state index is 0.0257. The third-order valence-corrected chi connectivity index (χ3v) is 11.8. The molecule has 0 amide bonds. The average Bonchev–Trinajstić information content (AvgIpc) is 3.38. The maximum atomic E-state index is 4.15. The number of rotatable bonds is 6. The number of fused-ring (bicyclic) bond motifs is 5. The van der Waals surface area contributed by atoms with Gasteiger partial charge >= 0.3 is 0 Å². The molecule has 49 heavy (non-hydrogen) atoms. The summed E-state index contributed by atoms with van der Waals surface area (Å²) in [4.78, 5) is 0.